The van der Waals surface area contributed by atoms with Crippen LogP contribution in [0.1, 0.15) is 15.9 Å². The summed E-state index contributed by atoms with van der Waals surface area (Å²) in [6, 6.07) is 6.95. The third-order valence-electron chi connectivity index (χ3n) is 2.82. The smallest absolute Gasteiger partial charge is 0.406 e. The number of benzene rings is 2. The molecule has 0 spiro atoms. The summed E-state index contributed by atoms with van der Waals surface area (Å²) >= 11 is 0. The van der Waals surface area contributed by atoms with Crippen LogP contribution in [0, 0.1) is 0 Å². The molecule has 0 N–H and O–H groups in total. The van der Waals surface area contributed by atoms with Crippen molar-refractivity contribution in [2.75, 3.05) is 0 Å². The second-order valence-corrected chi connectivity index (χ2v) is 4.53. The first kappa shape index (κ1) is 16.9. The summed E-state index contributed by atoms with van der Waals surface area (Å²) in [4.78, 5) is 10.8. The normalized spacial score (nSPS) is 12.1. The topological polar surface area (TPSA) is 26.3 Å². The zero-order valence-corrected chi connectivity index (χ0v) is 11.2. The molecule has 0 amide bonds. The second kappa shape index (κ2) is 5.94. The number of carbonyl (C=O) groups excluding carboxylic acids is 1. The highest BCUT2D eigenvalue weighted by Crippen LogP contribution is 2.34. The maximum atomic E-state index is 12.7. The van der Waals surface area contributed by atoms with E-state index in [-0.39, 0.29) is 23.0 Å². The van der Waals surface area contributed by atoms with Crippen molar-refractivity contribution in [3.05, 3.63) is 53.6 Å². The molecule has 0 aliphatic carbocycles. The summed E-state index contributed by atoms with van der Waals surface area (Å²) in [6.45, 7) is 0. The first-order chi connectivity index (χ1) is 10.6. The number of carbonyl (C=O) groups is 1. The number of hydrogen-bond donors (Lipinski definition) is 0. The van der Waals surface area contributed by atoms with Crippen LogP contribution >= 0.6 is 0 Å². The van der Waals surface area contributed by atoms with E-state index in [9.17, 15) is 31.1 Å². The van der Waals surface area contributed by atoms with E-state index in [0.717, 1.165) is 30.3 Å². The van der Waals surface area contributed by atoms with E-state index in [2.05, 4.69) is 4.74 Å². The Morgan fingerprint density at radius 1 is 0.870 bits per heavy atom. The lowest BCUT2D eigenvalue weighted by Crippen LogP contribution is -2.17. The summed E-state index contributed by atoms with van der Waals surface area (Å²) in [5.41, 5.74) is -1.10. The van der Waals surface area contributed by atoms with Crippen molar-refractivity contribution < 1.29 is 35.9 Å². The minimum absolute atomic E-state index is 0.0000463. The fraction of sp³-hybridized carbons (Fsp3) is 0.133. The molecule has 0 aliphatic rings. The van der Waals surface area contributed by atoms with Crippen LogP contribution in [0.5, 0.6) is 5.75 Å². The molecular weight excluding hydrogens is 326 g/mol. The largest absolute Gasteiger partial charge is 0.573 e. The maximum absolute atomic E-state index is 12.7. The van der Waals surface area contributed by atoms with E-state index in [0.29, 0.717) is 0 Å². The molecule has 0 heterocycles. The highest BCUT2D eigenvalue weighted by Gasteiger charge is 2.32. The van der Waals surface area contributed by atoms with Gasteiger partial charge in [-0.05, 0) is 41.5 Å². The van der Waals surface area contributed by atoms with Gasteiger partial charge in [-0.25, -0.2) is 0 Å². The Bertz CT molecular complexity index is 719. The van der Waals surface area contributed by atoms with Gasteiger partial charge in [0, 0.05) is 5.56 Å². The molecule has 23 heavy (non-hydrogen) atoms. The molecule has 2 aromatic carbocycles. The Balaban J connectivity index is 2.50. The Kier molecular flexibility index (Phi) is 4.35. The molecule has 2 aromatic rings. The Hall–Kier alpha value is -2.51. The van der Waals surface area contributed by atoms with Crippen LogP contribution in [0.3, 0.4) is 0 Å². The molecule has 0 atom stereocenters. The van der Waals surface area contributed by atoms with E-state index in [1.165, 1.54) is 12.1 Å². The lowest BCUT2D eigenvalue weighted by molar-refractivity contribution is -0.274. The summed E-state index contributed by atoms with van der Waals surface area (Å²) in [5.74, 6) is -0.686. The number of aldehydes is 1. The highest BCUT2D eigenvalue weighted by atomic mass is 19.4. The van der Waals surface area contributed by atoms with Gasteiger partial charge in [0.1, 0.15) is 12.0 Å². The van der Waals surface area contributed by atoms with Crippen molar-refractivity contribution >= 4 is 6.29 Å². The van der Waals surface area contributed by atoms with Gasteiger partial charge in [-0.15, -0.1) is 13.2 Å². The molecule has 2 nitrogen and oxygen atoms in total. The number of halogens is 6. The lowest BCUT2D eigenvalue weighted by Gasteiger charge is -2.12. The van der Waals surface area contributed by atoms with Gasteiger partial charge in [-0.3, -0.25) is 4.79 Å². The average molecular weight is 334 g/mol. The molecule has 122 valence electrons. The summed E-state index contributed by atoms with van der Waals surface area (Å²) in [6.07, 6.45) is -9.30. The minimum atomic E-state index is -4.98. The Morgan fingerprint density at radius 2 is 1.57 bits per heavy atom. The molecule has 0 aliphatic heterocycles. The minimum Gasteiger partial charge on any atom is -0.406 e. The van der Waals surface area contributed by atoms with E-state index < -0.39 is 23.9 Å². The molecule has 0 aromatic heterocycles. The van der Waals surface area contributed by atoms with Crippen molar-refractivity contribution in [3.8, 4) is 16.9 Å². The molecule has 0 fully saturated rings. The predicted molar refractivity (Wildman–Crippen MR) is 69.0 cm³/mol. The zero-order valence-electron chi connectivity index (χ0n) is 11.2. The molecule has 8 heteroatoms. The van der Waals surface area contributed by atoms with Gasteiger partial charge < -0.3 is 4.74 Å². The van der Waals surface area contributed by atoms with Gasteiger partial charge in [-0.2, -0.15) is 13.2 Å². The van der Waals surface area contributed by atoms with Crippen LogP contribution in [0.15, 0.2) is 42.5 Å². The Morgan fingerprint density at radius 3 is 2.13 bits per heavy atom. The molecule has 0 saturated carbocycles. The van der Waals surface area contributed by atoms with Gasteiger partial charge in [-0.1, -0.05) is 12.1 Å². The monoisotopic (exact) mass is 334 g/mol. The first-order valence-corrected chi connectivity index (χ1v) is 6.12. The van der Waals surface area contributed by atoms with Gasteiger partial charge in [0.25, 0.3) is 0 Å². The third kappa shape index (κ3) is 4.48. The fourth-order valence-electron chi connectivity index (χ4n) is 1.92. The molecule has 0 bridgehead atoms. The number of ether oxygens (including phenoxy) is 1. The quantitative estimate of drug-likeness (QED) is 0.578. The van der Waals surface area contributed by atoms with Crippen LogP contribution in [0.2, 0.25) is 0 Å². The van der Waals surface area contributed by atoms with Crippen molar-refractivity contribution in [1.29, 1.82) is 0 Å². The summed E-state index contributed by atoms with van der Waals surface area (Å²) in [7, 11) is 0. The maximum Gasteiger partial charge on any atom is 0.573 e. The number of rotatable bonds is 3. The van der Waals surface area contributed by atoms with E-state index in [1.807, 2.05) is 0 Å². The Labute approximate surface area is 126 Å². The van der Waals surface area contributed by atoms with Crippen LogP contribution in [0.4, 0.5) is 26.3 Å². The highest BCUT2D eigenvalue weighted by molar-refractivity contribution is 5.80. The van der Waals surface area contributed by atoms with Crippen molar-refractivity contribution in [1.82, 2.24) is 0 Å². The van der Waals surface area contributed by atoms with Gasteiger partial charge in [0.05, 0.1) is 5.56 Å². The van der Waals surface area contributed by atoms with Crippen LogP contribution in [-0.2, 0) is 6.18 Å². The van der Waals surface area contributed by atoms with Crippen molar-refractivity contribution in [2.24, 2.45) is 0 Å². The van der Waals surface area contributed by atoms with Gasteiger partial charge >= 0.3 is 12.5 Å². The predicted octanol–water partition coefficient (Wildman–Crippen LogP) is 5.08. The molecule has 2 rings (SSSR count). The molecule has 0 radical (unpaired) electrons. The van der Waals surface area contributed by atoms with Gasteiger partial charge in [0.15, 0.2) is 0 Å². The van der Waals surface area contributed by atoms with Crippen LogP contribution in [0.25, 0.3) is 11.1 Å². The van der Waals surface area contributed by atoms with Crippen LogP contribution < -0.4 is 4.74 Å². The summed E-state index contributed by atoms with van der Waals surface area (Å²) < 4.78 is 78.6. The third-order valence-corrected chi connectivity index (χ3v) is 2.82. The van der Waals surface area contributed by atoms with Crippen LogP contribution in [-0.4, -0.2) is 12.6 Å². The van der Waals surface area contributed by atoms with E-state index in [1.54, 1.807) is 0 Å². The van der Waals surface area contributed by atoms with Crippen molar-refractivity contribution in [3.63, 3.8) is 0 Å². The van der Waals surface area contributed by atoms with E-state index in [4.69, 9.17) is 0 Å². The van der Waals surface area contributed by atoms with E-state index >= 15 is 0 Å². The first-order valence-electron chi connectivity index (χ1n) is 6.12. The molecular formula is C15H8F6O2. The number of hydrogen-bond acceptors (Lipinski definition) is 2. The second-order valence-electron chi connectivity index (χ2n) is 4.53. The average Bonchev–Trinajstić information content (AvgIpc) is 2.44. The summed E-state index contributed by atoms with van der Waals surface area (Å²) in [5, 5.41) is 0. The van der Waals surface area contributed by atoms with Crippen molar-refractivity contribution in [2.45, 2.75) is 12.5 Å². The SMILES string of the molecule is O=Cc1cc(OC(F)(F)F)cc(-c2cccc(C(F)(F)F)c2)c1. The van der Waals surface area contributed by atoms with Gasteiger partial charge in [0.2, 0.25) is 0 Å². The standard InChI is InChI=1S/C15H8F6O2/c16-14(17,18)12-3-1-2-10(6-12)11-4-9(8-22)5-13(7-11)23-15(19,20)21/h1-8H. The zero-order chi connectivity index (χ0) is 17.3. The fourth-order valence-corrected chi connectivity index (χ4v) is 1.92. The lowest BCUT2D eigenvalue weighted by atomic mass is 10.0. The number of alkyl halides is 6. The molecule has 0 saturated heterocycles. The molecule has 0 unspecified atom stereocenters.